The Hall–Kier alpha value is -2.30. The highest BCUT2D eigenvalue weighted by molar-refractivity contribution is 5.96. The van der Waals surface area contributed by atoms with Crippen LogP contribution in [0.3, 0.4) is 0 Å². The van der Waals surface area contributed by atoms with Gasteiger partial charge in [-0.15, -0.1) is 0 Å². The van der Waals surface area contributed by atoms with Crippen molar-refractivity contribution in [1.29, 1.82) is 0 Å². The highest BCUT2D eigenvalue weighted by Crippen LogP contribution is 2.35. The minimum Gasteiger partial charge on any atom is -0.497 e. The fourth-order valence-electron chi connectivity index (χ4n) is 3.28. The van der Waals surface area contributed by atoms with E-state index in [1.165, 1.54) is 11.2 Å². The van der Waals surface area contributed by atoms with Crippen LogP contribution in [0.2, 0.25) is 0 Å². The number of rotatable bonds is 6. The molecule has 2 amide bonds. The fourth-order valence-corrected chi connectivity index (χ4v) is 3.28. The van der Waals surface area contributed by atoms with Gasteiger partial charge in [-0.1, -0.05) is 44.2 Å². The molecule has 1 saturated heterocycles. The molecule has 1 aliphatic heterocycles. The highest BCUT2D eigenvalue weighted by atomic mass is 16.6. The molecule has 1 aromatic rings. The van der Waals surface area contributed by atoms with Gasteiger partial charge in [0.15, 0.2) is 0 Å². The SMILES string of the molecule is CC(C)[C@@H]1N(C(=O)[C@@H](C)/C=C\OCc2ccccc2)C(=O)OC1(C)C. The molecule has 0 N–H and O–H groups in total. The zero-order valence-electron chi connectivity index (χ0n) is 15.6. The molecular weight excluding hydrogens is 318 g/mol. The second kappa shape index (κ2) is 7.72. The molecule has 0 bridgehead atoms. The van der Waals surface area contributed by atoms with Gasteiger partial charge in [0.2, 0.25) is 5.91 Å². The van der Waals surface area contributed by atoms with E-state index in [-0.39, 0.29) is 17.9 Å². The molecule has 1 fully saturated rings. The summed E-state index contributed by atoms with van der Waals surface area (Å²) < 4.78 is 10.9. The maximum Gasteiger partial charge on any atom is 0.417 e. The van der Waals surface area contributed by atoms with Crippen LogP contribution in [0.1, 0.15) is 40.2 Å². The monoisotopic (exact) mass is 345 g/mol. The number of carbonyl (C=O) groups excluding carboxylic acids is 2. The van der Waals surface area contributed by atoms with Gasteiger partial charge in [-0.05, 0) is 38.3 Å². The van der Waals surface area contributed by atoms with E-state index in [9.17, 15) is 9.59 Å². The molecule has 1 heterocycles. The van der Waals surface area contributed by atoms with Crippen molar-refractivity contribution in [3.8, 4) is 0 Å². The normalized spacial score (nSPS) is 20.8. The third-order valence-corrected chi connectivity index (χ3v) is 4.35. The minimum atomic E-state index is -0.686. The van der Waals surface area contributed by atoms with Crippen LogP contribution in [0.25, 0.3) is 0 Å². The maximum absolute atomic E-state index is 12.7. The number of hydrogen-bond donors (Lipinski definition) is 0. The van der Waals surface area contributed by atoms with Crippen molar-refractivity contribution in [3.63, 3.8) is 0 Å². The Bertz CT molecular complexity index is 636. The summed E-state index contributed by atoms with van der Waals surface area (Å²) in [4.78, 5) is 26.2. The Morgan fingerprint density at radius 3 is 2.52 bits per heavy atom. The number of hydrogen-bond acceptors (Lipinski definition) is 4. The van der Waals surface area contributed by atoms with Gasteiger partial charge in [-0.2, -0.15) is 0 Å². The van der Waals surface area contributed by atoms with Crippen LogP contribution in [-0.2, 0) is 20.9 Å². The van der Waals surface area contributed by atoms with Gasteiger partial charge in [0.25, 0.3) is 0 Å². The van der Waals surface area contributed by atoms with Gasteiger partial charge in [-0.3, -0.25) is 4.79 Å². The minimum absolute atomic E-state index is 0.107. The first-order chi connectivity index (χ1) is 11.7. The van der Waals surface area contributed by atoms with E-state index in [4.69, 9.17) is 9.47 Å². The number of imide groups is 1. The predicted molar refractivity (Wildman–Crippen MR) is 95.6 cm³/mol. The Balaban J connectivity index is 1.98. The molecule has 1 aromatic carbocycles. The summed E-state index contributed by atoms with van der Waals surface area (Å²) in [5.41, 5.74) is 0.365. The summed E-state index contributed by atoms with van der Waals surface area (Å²) in [7, 11) is 0. The third kappa shape index (κ3) is 4.41. The second-order valence-corrected chi connectivity index (χ2v) is 7.28. The lowest BCUT2D eigenvalue weighted by Gasteiger charge is -2.31. The van der Waals surface area contributed by atoms with Crippen molar-refractivity contribution in [2.45, 2.75) is 52.9 Å². The summed E-state index contributed by atoms with van der Waals surface area (Å²) in [6.07, 6.45) is 2.62. The van der Waals surface area contributed by atoms with E-state index < -0.39 is 17.6 Å². The lowest BCUT2D eigenvalue weighted by Crippen LogP contribution is -2.49. The van der Waals surface area contributed by atoms with E-state index in [1.54, 1.807) is 13.0 Å². The molecule has 0 aliphatic carbocycles. The van der Waals surface area contributed by atoms with Crippen molar-refractivity contribution in [2.24, 2.45) is 11.8 Å². The first kappa shape index (κ1) is 19.0. The highest BCUT2D eigenvalue weighted by Gasteiger charge is 2.52. The molecule has 2 atom stereocenters. The lowest BCUT2D eigenvalue weighted by molar-refractivity contribution is -0.132. The van der Waals surface area contributed by atoms with Crippen molar-refractivity contribution < 1.29 is 19.1 Å². The molecule has 0 saturated carbocycles. The smallest absolute Gasteiger partial charge is 0.417 e. The predicted octanol–water partition coefficient (Wildman–Crippen LogP) is 4.14. The first-order valence-electron chi connectivity index (χ1n) is 8.62. The quantitative estimate of drug-likeness (QED) is 0.727. The standard InChI is InChI=1S/C20H27NO4/c1-14(2)17-20(4,5)25-19(23)21(17)18(22)15(3)11-12-24-13-16-9-7-6-8-10-16/h6-12,14-15,17H,13H2,1-5H3/b12-11-/t15-,17-/m0/s1. The molecule has 25 heavy (non-hydrogen) atoms. The van der Waals surface area contributed by atoms with Crippen molar-refractivity contribution in [2.75, 3.05) is 0 Å². The molecule has 1 aliphatic rings. The van der Waals surface area contributed by atoms with Crippen LogP contribution in [0.5, 0.6) is 0 Å². The average Bonchev–Trinajstić information content (AvgIpc) is 2.80. The Labute approximate surface area is 149 Å². The molecule has 0 aromatic heterocycles. The zero-order chi connectivity index (χ0) is 18.6. The molecule has 0 spiro atoms. The molecule has 0 radical (unpaired) electrons. The lowest BCUT2D eigenvalue weighted by atomic mass is 9.88. The molecule has 2 rings (SSSR count). The fraction of sp³-hybridized carbons (Fsp3) is 0.500. The van der Waals surface area contributed by atoms with E-state index in [0.29, 0.717) is 6.61 Å². The molecule has 0 unspecified atom stereocenters. The van der Waals surface area contributed by atoms with Crippen LogP contribution in [0, 0.1) is 11.8 Å². The summed E-state index contributed by atoms with van der Waals surface area (Å²) in [6.45, 7) is 9.83. The van der Waals surface area contributed by atoms with Crippen molar-refractivity contribution >= 4 is 12.0 Å². The van der Waals surface area contributed by atoms with Crippen LogP contribution in [-0.4, -0.2) is 28.5 Å². The molecule has 136 valence electrons. The maximum atomic E-state index is 12.7. The van der Waals surface area contributed by atoms with E-state index >= 15 is 0 Å². The number of amides is 2. The summed E-state index contributed by atoms with van der Waals surface area (Å²) in [5, 5.41) is 0. The molecule has 5 nitrogen and oxygen atoms in total. The van der Waals surface area contributed by atoms with Crippen molar-refractivity contribution in [3.05, 3.63) is 48.2 Å². The van der Waals surface area contributed by atoms with Gasteiger partial charge in [-0.25, -0.2) is 9.69 Å². The molecule has 5 heteroatoms. The number of carbonyl (C=O) groups is 2. The van der Waals surface area contributed by atoms with E-state index in [0.717, 1.165) is 5.56 Å². The van der Waals surface area contributed by atoms with Gasteiger partial charge in [0.05, 0.1) is 18.2 Å². The summed E-state index contributed by atoms with van der Waals surface area (Å²) in [5.74, 6) is -0.636. The van der Waals surface area contributed by atoms with Gasteiger partial charge < -0.3 is 9.47 Å². The van der Waals surface area contributed by atoms with Crippen LogP contribution in [0.4, 0.5) is 4.79 Å². The zero-order valence-corrected chi connectivity index (χ0v) is 15.6. The average molecular weight is 345 g/mol. The van der Waals surface area contributed by atoms with E-state index in [1.807, 2.05) is 58.0 Å². The van der Waals surface area contributed by atoms with Crippen LogP contribution >= 0.6 is 0 Å². The van der Waals surface area contributed by atoms with Crippen LogP contribution < -0.4 is 0 Å². The summed E-state index contributed by atoms with van der Waals surface area (Å²) in [6, 6.07) is 9.49. The first-order valence-corrected chi connectivity index (χ1v) is 8.62. The van der Waals surface area contributed by atoms with Crippen molar-refractivity contribution in [1.82, 2.24) is 4.90 Å². The largest absolute Gasteiger partial charge is 0.497 e. The van der Waals surface area contributed by atoms with Crippen LogP contribution in [0.15, 0.2) is 42.7 Å². The number of ether oxygens (including phenoxy) is 2. The number of cyclic esters (lactones) is 1. The topological polar surface area (TPSA) is 55.8 Å². The Morgan fingerprint density at radius 1 is 1.28 bits per heavy atom. The van der Waals surface area contributed by atoms with Gasteiger partial charge in [0, 0.05) is 0 Å². The second-order valence-electron chi connectivity index (χ2n) is 7.28. The third-order valence-electron chi connectivity index (χ3n) is 4.35. The van der Waals surface area contributed by atoms with Gasteiger partial charge in [0.1, 0.15) is 12.2 Å². The van der Waals surface area contributed by atoms with E-state index in [2.05, 4.69) is 0 Å². The Morgan fingerprint density at radius 2 is 1.92 bits per heavy atom. The molecular formula is C20H27NO4. The number of benzene rings is 1. The Kier molecular flexibility index (Phi) is 5.88. The summed E-state index contributed by atoms with van der Waals surface area (Å²) >= 11 is 0. The number of nitrogens with zero attached hydrogens (tertiary/aromatic N) is 1. The van der Waals surface area contributed by atoms with Gasteiger partial charge >= 0.3 is 6.09 Å².